The summed E-state index contributed by atoms with van der Waals surface area (Å²) in [5.74, 6) is 1.03. The summed E-state index contributed by atoms with van der Waals surface area (Å²) in [5.41, 5.74) is 0.907. The lowest BCUT2D eigenvalue weighted by Crippen LogP contribution is -2.46. The van der Waals surface area contributed by atoms with Crippen molar-refractivity contribution in [3.8, 4) is 0 Å². The van der Waals surface area contributed by atoms with Crippen LogP contribution in [0.15, 0.2) is 24.5 Å². The molecular weight excluding hydrogens is 328 g/mol. The number of H-pyrrole nitrogens is 1. The van der Waals surface area contributed by atoms with Gasteiger partial charge in [-0.15, -0.1) is 0 Å². The van der Waals surface area contributed by atoms with Gasteiger partial charge in [0.1, 0.15) is 5.82 Å². The second-order valence-corrected chi connectivity index (χ2v) is 8.86. The smallest absolute Gasteiger partial charge is 0.323 e. The van der Waals surface area contributed by atoms with Crippen molar-refractivity contribution >= 4 is 32.6 Å². The molecule has 1 atom stereocenters. The number of aromatic nitrogens is 2. The summed E-state index contributed by atoms with van der Waals surface area (Å²) in [5, 5.41) is 3.80. The first-order valence-corrected chi connectivity index (χ1v) is 10.1. The number of nitrogens with one attached hydrogen (secondary N) is 2. The number of rotatable bonds is 2. The van der Waals surface area contributed by atoms with Gasteiger partial charge in [-0.1, -0.05) is 0 Å². The number of carbonyl (C=O) groups is 1. The minimum absolute atomic E-state index is 0.0787. The molecule has 1 aliphatic carbocycles. The van der Waals surface area contributed by atoms with Gasteiger partial charge in [0.2, 0.25) is 0 Å². The Bertz CT molecular complexity index is 872. The number of hydrogen-bond acceptors (Lipinski definition) is 4. The fraction of sp³-hybridized carbons (Fsp3) is 0.500. The van der Waals surface area contributed by atoms with Crippen LogP contribution in [0, 0.1) is 5.92 Å². The van der Waals surface area contributed by atoms with Crippen LogP contribution in [-0.2, 0) is 9.84 Å². The van der Waals surface area contributed by atoms with Gasteiger partial charge in [0.05, 0.1) is 29.3 Å². The number of amides is 2. The van der Waals surface area contributed by atoms with Gasteiger partial charge in [0.25, 0.3) is 0 Å². The summed E-state index contributed by atoms with van der Waals surface area (Å²) >= 11 is 0. The molecule has 2 N–H and O–H groups in total. The molecule has 0 radical (unpaired) electrons. The van der Waals surface area contributed by atoms with E-state index in [1.54, 1.807) is 11.1 Å². The van der Waals surface area contributed by atoms with Crippen molar-refractivity contribution in [1.29, 1.82) is 0 Å². The number of anilines is 1. The standard InChI is InChI=1S/C16H20N4O3S/c21-16(19-15-8-12-4-5-17-13(12)9-18-15)20-6-1-7-24(22,23)10-14(20)11-2-3-11/h4-5,8-9,11,14,17H,1-3,6-7,10H2,(H,18,19,21). The Hall–Kier alpha value is -2.09. The average Bonchev–Trinajstić information content (AvgIpc) is 3.29. The minimum Gasteiger partial charge on any atom is -0.360 e. The van der Waals surface area contributed by atoms with E-state index in [1.807, 2.05) is 18.3 Å². The minimum atomic E-state index is -3.08. The van der Waals surface area contributed by atoms with Gasteiger partial charge in [-0.3, -0.25) is 5.32 Å². The third kappa shape index (κ3) is 3.10. The molecule has 2 aliphatic rings. The van der Waals surface area contributed by atoms with Crippen LogP contribution in [0.2, 0.25) is 0 Å². The zero-order valence-electron chi connectivity index (χ0n) is 13.2. The fourth-order valence-electron chi connectivity index (χ4n) is 3.38. The molecule has 2 amide bonds. The van der Waals surface area contributed by atoms with E-state index >= 15 is 0 Å². The van der Waals surface area contributed by atoms with Crippen molar-refractivity contribution < 1.29 is 13.2 Å². The molecule has 24 heavy (non-hydrogen) atoms. The normalized spacial score (nSPS) is 23.8. The van der Waals surface area contributed by atoms with E-state index in [-0.39, 0.29) is 23.6 Å². The molecule has 8 heteroatoms. The van der Waals surface area contributed by atoms with Crippen molar-refractivity contribution in [3.05, 3.63) is 24.5 Å². The molecule has 2 aromatic rings. The second kappa shape index (κ2) is 5.77. The molecule has 2 aromatic heterocycles. The van der Waals surface area contributed by atoms with Crippen molar-refractivity contribution in [2.45, 2.75) is 25.3 Å². The van der Waals surface area contributed by atoms with Crippen LogP contribution in [0.5, 0.6) is 0 Å². The predicted octanol–water partition coefficient (Wildman–Crippen LogP) is 1.99. The third-order valence-corrected chi connectivity index (χ3v) is 6.54. The molecule has 1 aliphatic heterocycles. The van der Waals surface area contributed by atoms with Crippen molar-refractivity contribution in [2.24, 2.45) is 5.92 Å². The molecule has 0 spiro atoms. The first-order valence-electron chi connectivity index (χ1n) is 8.23. The van der Waals surface area contributed by atoms with Gasteiger partial charge >= 0.3 is 6.03 Å². The topological polar surface area (TPSA) is 95.2 Å². The predicted molar refractivity (Wildman–Crippen MR) is 91.6 cm³/mol. The molecule has 7 nitrogen and oxygen atoms in total. The number of carbonyl (C=O) groups excluding carboxylic acids is 1. The van der Waals surface area contributed by atoms with E-state index in [0.29, 0.717) is 24.7 Å². The zero-order valence-corrected chi connectivity index (χ0v) is 14.1. The number of fused-ring (bicyclic) bond motifs is 1. The van der Waals surface area contributed by atoms with Crippen molar-refractivity contribution in [2.75, 3.05) is 23.4 Å². The second-order valence-electron chi connectivity index (χ2n) is 6.63. The molecule has 1 unspecified atom stereocenters. The Balaban J connectivity index is 1.55. The van der Waals surface area contributed by atoms with Crippen LogP contribution < -0.4 is 5.32 Å². The highest BCUT2D eigenvalue weighted by atomic mass is 32.2. The lowest BCUT2D eigenvalue weighted by atomic mass is 10.2. The molecule has 1 saturated heterocycles. The molecule has 128 valence electrons. The van der Waals surface area contributed by atoms with E-state index in [1.165, 1.54) is 0 Å². The van der Waals surface area contributed by atoms with Crippen LogP contribution in [-0.4, -0.2) is 53.4 Å². The molecule has 4 rings (SSSR count). The fourth-order valence-corrected chi connectivity index (χ4v) is 5.09. The van der Waals surface area contributed by atoms with E-state index in [2.05, 4.69) is 15.3 Å². The Morgan fingerprint density at radius 2 is 2.21 bits per heavy atom. The Labute approximate surface area is 140 Å². The van der Waals surface area contributed by atoms with E-state index in [0.717, 1.165) is 23.7 Å². The molecule has 2 fully saturated rings. The maximum absolute atomic E-state index is 12.7. The molecule has 3 heterocycles. The summed E-state index contributed by atoms with van der Waals surface area (Å²) in [6, 6.07) is 3.25. The highest BCUT2D eigenvalue weighted by molar-refractivity contribution is 7.91. The number of aromatic amines is 1. The summed E-state index contributed by atoms with van der Waals surface area (Å²) in [7, 11) is -3.08. The highest BCUT2D eigenvalue weighted by Gasteiger charge is 2.41. The molecule has 0 aromatic carbocycles. The maximum atomic E-state index is 12.7. The maximum Gasteiger partial charge on any atom is 0.323 e. The first-order chi connectivity index (χ1) is 11.5. The average molecular weight is 348 g/mol. The van der Waals surface area contributed by atoms with Crippen molar-refractivity contribution in [1.82, 2.24) is 14.9 Å². The van der Waals surface area contributed by atoms with Gasteiger partial charge in [-0.05, 0) is 37.3 Å². The monoisotopic (exact) mass is 348 g/mol. The summed E-state index contributed by atoms with van der Waals surface area (Å²) in [4.78, 5) is 21.7. The summed E-state index contributed by atoms with van der Waals surface area (Å²) in [6.45, 7) is 0.471. The van der Waals surface area contributed by atoms with Crippen LogP contribution in [0.1, 0.15) is 19.3 Å². The Morgan fingerprint density at radius 1 is 1.38 bits per heavy atom. The van der Waals surface area contributed by atoms with E-state index in [9.17, 15) is 13.2 Å². The largest absolute Gasteiger partial charge is 0.360 e. The molecule has 1 saturated carbocycles. The number of hydrogen-bond donors (Lipinski definition) is 2. The third-order valence-electron chi connectivity index (χ3n) is 4.78. The lowest BCUT2D eigenvalue weighted by molar-refractivity contribution is 0.187. The SMILES string of the molecule is O=C(Nc1cc2cc[nH]c2cn1)N1CCCS(=O)(=O)CC1C1CC1. The number of nitrogens with zero attached hydrogens (tertiary/aromatic N) is 2. The highest BCUT2D eigenvalue weighted by Crippen LogP contribution is 2.37. The molecule has 0 bridgehead atoms. The van der Waals surface area contributed by atoms with E-state index in [4.69, 9.17) is 0 Å². The van der Waals surface area contributed by atoms with Crippen LogP contribution in [0.4, 0.5) is 10.6 Å². The first kappa shape index (κ1) is 15.4. The van der Waals surface area contributed by atoms with Gasteiger partial charge in [-0.25, -0.2) is 18.2 Å². The Kier molecular flexibility index (Phi) is 3.71. The van der Waals surface area contributed by atoms with Gasteiger partial charge in [0, 0.05) is 18.1 Å². The Morgan fingerprint density at radius 3 is 3.00 bits per heavy atom. The van der Waals surface area contributed by atoms with Crippen LogP contribution in [0.25, 0.3) is 10.9 Å². The number of urea groups is 1. The van der Waals surface area contributed by atoms with Crippen molar-refractivity contribution in [3.63, 3.8) is 0 Å². The lowest BCUT2D eigenvalue weighted by Gasteiger charge is -2.29. The quantitative estimate of drug-likeness (QED) is 0.868. The van der Waals surface area contributed by atoms with Crippen LogP contribution >= 0.6 is 0 Å². The van der Waals surface area contributed by atoms with Gasteiger partial charge in [0.15, 0.2) is 9.84 Å². The molecular formula is C16H20N4O3S. The summed E-state index contributed by atoms with van der Waals surface area (Å²) < 4.78 is 24.2. The van der Waals surface area contributed by atoms with E-state index < -0.39 is 9.84 Å². The zero-order chi connectivity index (χ0) is 16.7. The van der Waals surface area contributed by atoms with Gasteiger partial charge in [-0.2, -0.15) is 0 Å². The van der Waals surface area contributed by atoms with Crippen LogP contribution in [0.3, 0.4) is 0 Å². The number of sulfone groups is 1. The summed E-state index contributed by atoms with van der Waals surface area (Å²) in [6.07, 6.45) is 5.98. The number of pyridine rings is 1. The van der Waals surface area contributed by atoms with Gasteiger partial charge < -0.3 is 9.88 Å².